The van der Waals surface area contributed by atoms with Crippen LogP contribution in [-0.2, 0) is 4.79 Å². The Morgan fingerprint density at radius 3 is 2.88 bits per heavy atom. The van der Waals surface area contributed by atoms with Gasteiger partial charge in [-0.25, -0.2) is 0 Å². The molecular formula is C12H21N3O. The highest BCUT2D eigenvalue weighted by Gasteiger charge is 2.19. The third-order valence-corrected chi connectivity index (χ3v) is 2.92. The molecule has 1 heterocycles. The summed E-state index contributed by atoms with van der Waals surface area (Å²) in [5, 5.41) is 5.99. The summed E-state index contributed by atoms with van der Waals surface area (Å²) in [5.41, 5.74) is 5.82. The molecule has 3 atom stereocenters. The molecule has 1 aliphatic rings. The fraction of sp³-hybridized carbons (Fsp3) is 0.583. The van der Waals surface area contributed by atoms with Crippen molar-refractivity contribution in [3.05, 3.63) is 24.4 Å². The summed E-state index contributed by atoms with van der Waals surface area (Å²) in [6, 6.07) is -0.244. The van der Waals surface area contributed by atoms with Crippen LogP contribution in [0.3, 0.4) is 0 Å². The average molecular weight is 223 g/mol. The zero-order valence-electron chi connectivity index (χ0n) is 9.94. The van der Waals surface area contributed by atoms with E-state index in [1.165, 1.54) is 0 Å². The Morgan fingerprint density at radius 2 is 2.31 bits per heavy atom. The normalized spacial score (nSPS) is 22.3. The Balaban J connectivity index is 2.29. The van der Waals surface area contributed by atoms with Crippen molar-refractivity contribution < 1.29 is 4.79 Å². The second-order valence-corrected chi connectivity index (χ2v) is 4.17. The minimum Gasteiger partial charge on any atom is -0.383 e. The van der Waals surface area contributed by atoms with Crippen LogP contribution in [0.25, 0.3) is 0 Å². The lowest BCUT2D eigenvalue weighted by Gasteiger charge is -2.20. The number of dihydropyridines is 1. The molecule has 16 heavy (non-hydrogen) atoms. The Kier molecular flexibility index (Phi) is 5.05. The number of carbonyl (C=O) groups excluding carboxylic acids is 1. The van der Waals surface area contributed by atoms with Crippen LogP contribution in [0.5, 0.6) is 0 Å². The predicted octanol–water partition coefficient (Wildman–Crippen LogP) is 0.518. The van der Waals surface area contributed by atoms with Gasteiger partial charge in [-0.2, -0.15) is 0 Å². The Labute approximate surface area is 97.0 Å². The third kappa shape index (κ3) is 3.70. The van der Waals surface area contributed by atoms with Gasteiger partial charge in [-0.1, -0.05) is 32.4 Å². The lowest BCUT2D eigenvalue weighted by atomic mass is 9.99. The molecular weight excluding hydrogens is 202 g/mol. The summed E-state index contributed by atoms with van der Waals surface area (Å²) >= 11 is 0. The van der Waals surface area contributed by atoms with Gasteiger partial charge in [0.2, 0.25) is 5.91 Å². The molecule has 0 aromatic heterocycles. The second-order valence-electron chi connectivity index (χ2n) is 4.17. The summed E-state index contributed by atoms with van der Waals surface area (Å²) in [7, 11) is 0. The third-order valence-electron chi connectivity index (χ3n) is 2.92. The van der Waals surface area contributed by atoms with Gasteiger partial charge < -0.3 is 16.4 Å². The maximum Gasteiger partial charge on any atom is 0.237 e. The summed E-state index contributed by atoms with van der Waals surface area (Å²) in [4.78, 5) is 11.7. The molecule has 0 bridgehead atoms. The molecule has 0 aromatic rings. The quantitative estimate of drug-likeness (QED) is 0.636. The van der Waals surface area contributed by atoms with Crippen LogP contribution in [0.2, 0.25) is 0 Å². The molecule has 0 aromatic carbocycles. The molecule has 1 rings (SSSR count). The van der Waals surface area contributed by atoms with Gasteiger partial charge >= 0.3 is 0 Å². The van der Waals surface area contributed by atoms with E-state index in [1.807, 2.05) is 38.3 Å². The highest BCUT2D eigenvalue weighted by molar-refractivity contribution is 5.81. The highest BCUT2D eigenvalue weighted by Crippen LogP contribution is 2.05. The number of rotatable bonds is 5. The van der Waals surface area contributed by atoms with Crippen molar-refractivity contribution in [3.63, 3.8) is 0 Å². The fourth-order valence-corrected chi connectivity index (χ4v) is 1.46. The molecule has 0 radical (unpaired) electrons. The van der Waals surface area contributed by atoms with E-state index in [1.54, 1.807) is 0 Å². The molecule has 0 saturated carbocycles. The summed E-state index contributed by atoms with van der Waals surface area (Å²) in [5.74, 6) is 0.147. The first kappa shape index (κ1) is 12.8. The molecule has 4 nitrogen and oxygen atoms in total. The van der Waals surface area contributed by atoms with Crippen LogP contribution in [0.1, 0.15) is 20.3 Å². The zero-order chi connectivity index (χ0) is 12.0. The van der Waals surface area contributed by atoms with E-state index < -0.39 is 6.04 Å². The Hall–Kier alpha value is -1.29. The maximum absolute atomic E-state index is 11.7. The van der Waals surface area contributed by atoms with Crippen LogP contribution in [0.15, 0.2) is 24.4 Å². The van der Waals surface area contributed by atoms with E-state index in [0.717, 1.165) is 6.42 Å². The number of hydrogen-bond acceptors (Lipinski definition) is 3. The molecule has 0 saturated heterocycles. The van der Waals surface area contributed by atoms with E-state index in [-0.39, 0.29) is 17.9 Å². The van der Waals surface area contributed by atoms with Crippen molar-refractivity contribution in [1.82, 2.24) is 10.6 Å². The first-order chi connectivity index (χ1) is 7.65. The molecule has 4 heteroatoms. The summed E-state index contributed by atoms with van der Waals surface area (Å²) in [6.07, 6.45) is 8.67. The van der Waals surface area contributed by atoms with Gasteiger partial charge in [0.25, 0.3) is 0 Å². The molecule has 4 N–H and O–H groups in total. The maximum atomic E-state index is 11.7. The lowest BCUT2D eigenvalue weighted by Crippen LogP contribution is -2.48. The number of amides is 1. The summed E-state index contributed by atoms with van der Waals surface area (Å²) in [6.45, 7) is 4.60. The number of nitrogens with two attached hydrogens (primary N) is 1. The van der Waals surface area contributed by atoms with Gasteiger partial charge in [-0.3, -0.25) is 4.79 Å². The van der Waals surface area contributed by atoms with Gasteiger partial charge in [-0.15, -0.1) is 0 Å². The van der Waals surface area contributed by atoms with E-state index in [9.17, 15) is 4.79 Å². The average Bonchev–Trinajstić information content (AvgIpc) is 2.35. The minimum absolute atomic E-state index is 0.0703. The van der Waals surface area contributed by atoms with Crippen molar-refractivity contribution in [1.29, 1.82) is 0 Å². The first-order valence-corrected chi connectivity index (χ1v) is 5.77. The topological polar surface area (TPSA) is 67.2 Å². The van der Waals surface area contributed by atoms with Gasteiger partial charge in [0, 0.05) is 6.54 Å². The number of hydrogen-bond donors (Lipinski definition) is 3. The van der Waals surface area contributed by atoms with Crippen LogP contribution >= 0.6 is 0 Å². The van der Waals surface area contributed by atoms with Gasteiger partial charge in [0.1, 0.15) is 0 Å². The smallest absolute Gasteiger partial charge is 0.237 e. The van der Waals surface area contributed by atoms with E-state index in [0.29, 0.717) is 6.54 Å². The zero-order valence-corrected chi connectivity index (χ0v) is 9.94. The number of allylic oxidation sites excluding steroid dienone is 2. The molecule has 90 valence electrons. The predicted molar refractivity (Wildman–Crippen MR) is 65.6 cm³/mol. The lowest BCUT2D eigenvalue weighted by molar-refractivity contribution is -0.123. The van der Waals surface area contributed by atoms with E-state index >= 15 is 0 Å². The number of carbonyl (C=O) groups is 1. The SMILES string of the molecule is CCC(C)C(N)C(=O)NCC1C=CC=CN1. The van der Waals surface area contributed by atoms with Gasteiger partial charge in [0.15, 0.2) is 0 Å². The minimum atomic E-state index is -0.409. The van der Waals surface area contributed by atoms with E-state index in [4.69, 9.17) is 5.73 Å². The molecule has 0 aliphatic carbocycles. The molecule has 0 fully saturated rings. The second kappa shape index (κ2) is 6.33. The largest absolute Gasteiger partial charge is 0.383 e. The van der Waals surface area contributed by atoms with E-state index in [2.05, 4.69) is 10.6 Å². The monoisotopic (exact) mass is 223 g/mol. The highest BCUT2D eigenvalue weighted by atomic mass is 16.2. The van der Waals surface area contributed by atoms with Crippen molar-refractivity contribution in [2.45, 2.75) is 32.4 Å². The van der Waals surface area contributed by atoms with Gasteiger partial charge in [-0.05, 0) is 18.2 Å². The Bertz CT molecular complexity index is 286. The number of nitrogens with one attached hydrogen (secondary N) is 2. The summed E-state index contributed by atoms with van der Waals surface area (Å²) < 4.78 is 0. The molecule has 0 spiro atoms. The van der Waals surface area contributed by atoms with Gasteiger partial charge in [0.05, 0.1) is 12.1 Å². The van der Waals surface area contributed by atoms with Crippen LogP contribution in [0.4, 0.5) is 0 Å². The van der Waals surface area contributed by atoms with Crippen LogP contribution in [0, 0.1) is 5.92 Å². The standard InChI is InChI=1S/C12H21N3O/c1-3-9(2)11(13)12(16)15-8-10-6-4-5-7-14-10/h4-7,9-11,14H,3,8,13H2,1-2H3,(H,15,16). The molecule has 3 unspecified atom stereocenters. The van der Waals surface area contributed by atoms with Crippen molar-refractivity contribution in [2.24, 2.45) is 11.7 Å². The van der Waals surface area contributed by atoms with Crippen molar-refractivity contribution in [2.75, 3.05) is 6.54 Å². The Morgan fingerprint density at radius 1 is 1.56 bits per heavy atom. The first-order valence-electron chi connectivity index (χ1n) is 5.77. The molecule has 1 amide bonds. The van der Waals surface area contributed by atoms with Crippen LogP contribution < -0.4 is 16.4 Å². The van der Waals surface area contributed by atoms with Crippen molar-refractivity contribution >= 4 is 5.91 Å². The van der Waals surface area contributed by atoms with Crippen LogP contribution in [-0.4, -0.2) is 24.5 Å². The molecule has 1 aliphatic heterocycles. The van der Waals surface area contributed by atoms with Crippen molar-refractivity contribution in [3.8, 4) is 0 Å². The fourth-order valence-electron chi connectivity index (χ4n) is 1.46.